The number of amides is 1. The molecule has 0 fully saturated rings. The van der Waals surface area contributed by atoms with Crippen LogP contribution in [-0.4, -0.2) is 44.2 Å². The number of benzene rings is 2. The Morgan fingerprint density at radius 1 is 1.04 bits per heavy atom. The van der Waals surface area contributed by atoms with Crippen molar-refractivity contribution in [3.63, 3.8) is 0 Å². The first-order chi connectivity index (χ1) is 12.1. The van der Waals surface area contributed by atoms with Gasteiger partial charge in [-0.1, -0.05) is 12.1 Å². The van der Waals surface area contributed by atoms with Gasteiger partial charge in [-0.2, -0.15) is 0 Å². The van der Waals surface area contributed by atoms with Gasteiger partial charge in [-0.3, -0.25) is 4.79 Å². The second-order valence-corrected chi connectivity index (χ2v) is 5.59. The molecule has 2 aromatic rings. The van der Waals surface area contributed by atoms with E-state index in [-0.39, 0.29) is 24.1 Å². The highest BCUT2D eigenvalue weighted by Crippen LogP contribution is 2.11. The molecule has 0 bridgehead atoms. The molecule has 2 rings (SSSR count). The van der Waals surface area contributed by atoms with E-state index in [9.17, 15) is 9.18 Å². The normalized spacial score (nSPS) is 10.1. The summed E-state index contributed by atoms with van der Waals surface area (Å²) in [6.45, 7) is 1.68. The molecule has 0 aromatic heterocycles. The predicted octanol–water partition coefficient (Wildman–Crippen LogP) is 2.93. The van der Waals surface area contributed by atoms with Crippen LogP contribution in [0.2, 0.25) is 0 Å². The summed E-state index contributed by atoms with van der Waals surface area (Å²) in [6.07, 6.45) is 0.292. The Kier molecular flexibility index (Phi) is 9.47. The number of anilines is 1. The fraction of sp³-hybridized carbons (Fsp3) is 0.316. The number of ether oxygens (including phenoxy) is 2. The summed E-state index contributed by atoms with van der Waals surface area (Å²) < 4.78 is 23.5. The molecule has 0 aliphatic heterocycles. The van der Waals surface area contributed by atoms with Gasteiger partial charge in [-0.05, 0) is 42.0 Å². The van der Waals surface area contributed by atoms with E-state index in [1.165, 1.54) is 12.1 Å². The minimum absolute atomic E-state index is 0. The van der Waals surface area contributed by atoms with Crippen molar-refractivity contribution in [1.82, 2.24) is 4.90 Å². The first-order valence-corrected chi connectivity index (χ1v) is 8.08. The van der Waals surface area contributed by atoms with Crippen LogP contribution in [0.15, 0.2) is 48.5 Å². The molecular weight excluding hydrogens is 359 g/mol. The van der Waals surface area contributed by atoms with E-state index in [0.29, 0.717) is 44.2 Å². The number of halogens is 2. The quantitative estimate of drug-likeness (QED) is 0.677. The number of carbonyl (C=O) groups excluding carboxylic acids is 1. The van der Waals surface area contributed by atoms with Crippen LogP contribution in [0.25, 0.3) is 0 Å². The first-order valence-electron chi connectivity index (χ1n) is 8.08. The van der Waals surface area contributed by atoms with Crippen molar-refractivity contribution in [3.05, 3.63) is 59.9 Å². The average molecular weight is 383 g/mol. The molecule has 0 heterocycles. The molecule has 142 valence electrons. The molecule has 0 aliphatic carbocycles. The van der Waals surface area contributed by atoms with Gasteiger partial charge in [0.1, 0.15) is 18.2 Å². The predicted molar refractivity (Wildman–Crippen MR) is 102 cm³/mol. The Hall–Kier alpha value is -2.31. The molecular formula is C19H24ClFN2O3. The third-order valence-electron chi connectivity index (χ3n) is 3.70. The standard InChI is InChI=1S/C19H23FN2O3.ClH/c1-24-12-10-22(11-13-25-18-8-4-16(20)5-9-18)19(23)14-15-2-6-17(21)7-3-15;/h2-9H,10-14,21H2,1H3;1H. The van der Waals surface area contributed by atoms with Crippen LogP contribution in [0, 0.1) is 5.82 Å². The summed E-state index contributed by atoms with van der Waals surface area (Å²) in [5.74, 6) is 0.247. The molecule has 0 radical (unpaired) electrons. The lowest BCUT2D eigenvalue weighted by molar-refractivity contribution is -0.131. The maximum Gasteiger partial charge on any atom is 0.227 e. The van der Waals surface area contributed by atoms with Crippen molar-refractivity contribution < 1.29 is 18.7 Å². The summed E-state index contributed by atoms with van der Waals surface area (Å²) in [5.41, 5.74) is 7.23. The molecule has 0 spiro atoms. The van der Waals surface area contributed by atoms with E-state index in [0.717, 1.165) is 5.56 Å². The third-order valence-corrected chi connectivity index (χ3v) is 3.70. The number of nitrogens with zero attached hydrogens (tertiary/aromatic N) is 1. The van der Waals surface area contributed by atoms with Crippen molar-refractivity contribution in [3.8, 4) is 5.75 Å². The van der Waals surface area contributed by atoms with Crippen LogP contribution in [0.1, 0.15) is 5.56 Å². The lowest BCUT2D eigenvalue weighted by Gasteiger charge is -2.22. The van der Waals surface area contributed by atoms with Crippen molar-refractivity contribution in [2.24, 2.45) is 0 Å². The zero-order chi connectivity index (χ0) is 18.1. The third kappa shape index (κ3) is 7.29. The molecule has 1 amide bonds. The number of nitrogens with two attached hydrogens (primary N) is 1. The highest BCUT2D eigenvalue weighted by atomic mass is 35.5. The molecule has 0 saturated carbocycles. The minimum atomic E-state index is -0.312. The van der Waals surface area contributed by atoms with E-state index in [1.807, 2.05) is 12.1 Å². The number of nitrogen functional groups attached to an aromatic ring is 1. The smallest absolute Gasteiger partial charge is 0.227 e. The van der Waals surface area contributed by atoms with Crippen LogP contribution in [0.5, 0.6) is 5.75 Å². The van der Waals surface area contributed by atoms with Gasteiger partial charge in [0.25, 0.3) is 0 Å². The van der Waals surface area contributed by atoms with Gasteiger partial charge in [0.15, 0.2) is 0 Å². The monoisotopic (exact) mass is 382 g/mol. The Morgan fingerprint density at radius 3 is 2.27 bits per heavy atom. The Labute approximate surface area is 159 Å². The number of methoxy groups -OCH3 is 1. The van der Waals surface area contributed by atoms with Gasteiger partial charge >= 0.3 is 0 Å². The van der Waals surface area contributed by atoms with Gasteiger partial charge < -0.3 is 20.1 Å². The molecule has 0 aliphatic rings. The zero-order valence-corrected chi connectivity index (χ0v) is 15.5. The van der Waals surface area contributed by atoms with Crippen molar-refractivity contribution in [2.45, 2.75) is 6.42 Å². The van der Waals surface area contributed by atoms with Crippen molar-refractivity contribution in [1.29, 1.82) is 0 Å². The second kappa shape index (κ2) is 11.3. The van der Waals surface area contributed by atoms with Crippen LogP contribution < -0.4 is 10.5 Å². The van der Waals surface area contributed by atoms with Gasteiger partial charge in [0.05, 0.1) is 19.6 Å². The summed E-state index contributed by atoms with van der Waals surface area (Å²) in [5, 5.41) is 0. The van der Waals surface area contributed by atoms with Crippen LogP contribution in [0.3, 0.4) is 0 Å². The molecule has 26 heavy (non-hydrogen) atoms. The highest BCUT2D eigenvalue weighted by Gasteiger charge is 2.14. The number of hydrogen-bond acceptors (Lipinski definition) is 4. The lowest BCUT2D eigenvalue weighted by Crippen LogP contribution is -2.38. The minimum Gasteiger partial charge on any atom is -0.492 e. The summed E-state index contributed by atoms with van der Waals surface area (Å²) >= 11 is 0. The Bertz CT molecular complexity index is 665. The average Bonchev–Trinajstić information content (AvgIpc) is 2.61. The zero-order valence-electron chi connectivity index (χ0n) is 14.7. The van der Waals surface area contributed by atoms with E-state index in [4.69, 9.17) is 15.2 Å². The Balaban J connectivity index is 0.00000338. The molecule has 0 saturated heterocycles. The van der Waals surface area contributed by atoms with Gasteiger partial charge in [-0.25, -0.2) is 4.39 Å². The fourth-order valence-electron chi connectivity index (χ4n) is 2.29. The number of carbonyl (C=O) groups is 1. The second-order valence-electron chi connectivity index (χ2n) is 5.59. The van der Waals surface area contributed by atoms with Gasteiger partial charge in [-0.15, -0.1) is 12.4 Å². The van der Waals surface area contributed by atoms with E-state index in [1.54, 1.807) is 36.3 Å². The van der Waals surface area contributed by atoms with Gasteiger partial charge in [0, 0.05) is 19.3 Å². The van der Waals surface area contributed by atoms with Gasteiger partial charge in [0.2, 0.25) is 5.91 Å². The van der Waals surface area contributed by atoms with E-state index >= 15 is 0 Å². The molecule has 0 unspecified atom stereocenters. The maximum absolute atomic E-state index is 12.9. The first kappa shape index (κ1) is 21.7. The van der Waals surface area contributed by atoms with E-state index in [2.05, 4.69) is 0 Å². The highest BCUT2D eigenvalue weighted by molar-refractivity contribution is 5.85. The lowest BCUT2D eigenvalue weighted by atomic mass is 10.1. The summed E-state index contributed by atoms with van der Waals surface area (Å²) in [4.78, 5) is 14.2. The molecule has 2 N–H and O–H groups in total. The van der Waals surface area contributed by atoms with Crippen molar-refractivity contribution >= 4 is 24.0 Å². The number of rotatable bonds is 9. The fourth-order valence-corrected chi connectivity index (χ4v) is 2.29. The molecule has 2 aromatic carbocycles. The SMILES string of the molecule is COCCN(CCOc1ccc(F)cc1)C(=O)Cc1ccc(N)cc1.Cl. The summed E-state index contributed by atoms with van der Waals surface area (Å²) in [7, 11) is 1.59. The Morgan fingerprint density at radius 2 is 1.65 bits per heavy atom. The summed E-state index contributed by atoms with van der Waals surface area (Å²) in [6, 6.07) is 13.0. The molecule has 5 nitrogen and oxygen atoms in total. The van der Waals surface area contributed by atoms with Crippen LogP contribution >= 0.6 is 12.4 Å². The maximum atomic E-state index is 12.9. The van der Waals surface area contributed by atoms with Crippen LogP contribution in [0.4, 0.5) is 10.1 Å². The largest absolute Gasteiger partial charge is 0.492 e. The molecule has 7 heteroatoms. The number of hydrogen-bond donors (Lipinski definition) is 1. The molecule has 0 atom stereocenters. The van der Waals surface area contributed by atoms with E-state index < -0.39 is 0 Å². The van der Waals surface area contributed by atoms with Crippen LogP contribution in [-0.2, 0) is 16.0 Å². The topological polar surface area (TPSA) is 64.8 Å². The van der Waals surface area contributed by atoms with Crippen molar-refractivity contribution in [2.75, 3.05) is 39.1 Å².